The molecule has 0 amide bonds. The number of rotatable bonds is 6. The number of nitrogens with zero attached hydrogens (tertiary/aromatic N) is 1. The van der Waals surface area contributed by atoms with Crippen LogP contribution in [-0.2, 0) is 11.3 Å². The largest absolute Gasteiger partial charge is 0.493 e. The minimum atomic E-state index is -0.794. The Morgan fingerprint density at radius 2 is 1.77 bits per heavy atom. The van der Waals surface area contributed by atoms with E-state index in [2.05, 4.69) is 0 Å². The van der Waals surface area contributed by atoms with Crippen LogP contribution in [0.15, 0.2) is 42.5 Å². The smallest absolute Gasteiger partial charge is 0.345 e. The highest BCUT2D eigenvalue weighted by Crippen LogP contribution is 2.36. The third-order valence-corrected chi connectivity index (χ3v) is 3.33. The molecule has 7 nitrogen and oxygen atoms in total. The summed E-state index contributed by atoms with van der Waals surface area (Å²) >= 11 is 0. The lowest BCUT2D eigenvalue weighted by Crippen LogP contribution is -2.24. The van der Waals surface area contributed by atoms with Gasteiger partial charge in [-0.2, -0.15) is 0 Å². The summed E-state index contributed by atoms with van der Waals surface area (Å²) in [6, 6.07) is 11.8. The van der Waals surface area contributed by atoms with Crippen molar-refractivity contribution in [3.8, 4) is 11.5 Å². The van der Waals surface area contributed by atoms with Gasteiger partial charge >= 0.3 is 5.97 Å². The van der Waals surface area contributed by atoms with Crippen LogP contribution in [0.25, 0.3) is 0 Å². The Balaban J connectivity index is 2.37. The Morgan fingerprint density at radius 3 is 2.31 bits per heavy atom. The van der Waals surface area contributed by atoms with Gasteiger partial charge in [-0.25, -0.2) is 4.79 Å². The monoisotopic (exact) mass is 359 g/mol. The first-order valence-electron chi connectivity index (χ1n) is 7.98. The van der Waals surface area contributed by atoms with E-state index in [1.807, 2.05) is 30.3 Å². The minimum absolute atomic E-state index is 0.176. The van der Waals surface area contributed by atoms with E-state index in [-0.39, 0.29) is 23.7 Å². The molecule has 0 aliphatic carbocycles. The van der Waals surface area contributed by atoms with Gasteiger partial charge in [0.05, 0.1) is 18.1 Å². The van der Waals surface area contributed by atoms with E-state index in [9.17, 15) is 14.9 Å². The third kappa shape index (κ3) is 4.95. The molecule has 0 saturated heterocycles. The van der Waals surface area contributed by atoms with Crippen LogP contribution in [0.1, 0.15) is 36.7 Å². The SMILES string of the molecule is COc1cc(C(=O)OC(C)(C)C)c([N+](=O)[O-])cc1OCc1ccccc1. The van der Waals surface area contributed by atoms with Gasteiger partial charge in [-0.15, -0.1) is 0 Å². The number of ether oxygens (including phenoxy) is 3. The van der Waals surface area contributed by atoms with Crippen LogP contribution in [-0.4, -0.2) is 23.6 Å². The Labute approximate surface area is 151 Å². The number of hydrogen-bond donors (Lipinski definition) is 0. The molecule has 0 aliphatic heterocycles. The van der Waals surface area contributed by atoms with Crippen LogP contribution in [0.5, 0.6) is 11.5 Å². The van der Waals surface area contributed by atoms with Gasteiger partial charge in [0.1, 0.15) is 17.8 Å². The van der Waals surface area contributed by atoms with Crippen LogP contribution < -0.4 is 9.47 Å². The Bertz CT molecular complexity index is 796. The van der Waals surface area contributed by atoms with E-state index >= 15 is 0 Å². The molecule has 0 spiro atoms. The van der Waals surface area contributed by atoms with Gasteiger partial charge in [0.15, 0.2) is 11.5 Å². The number of nitro benzene ring substituents is 1. The van der Waals surface area contributed by atoms with Crippen molar-refractivity contribution in [1.82, 2.24) is 0 Å². The highest BCUT2D eigenvalue weighted by Gasteiger charge is 2.28. The topological polar surface area (TPSA) is 87.9 Å². The summed E-state index contributed by atoms with van der Waals surface area (Å²) in [5.74, 6) is -0.403. The molecular weight excluding hydrogens is 338 g/mol. The lowest BCUT2D eigenvalue weighted by atomic mass is 10.1. The van der Waals surface area contributed by atoms with Crippen LogP contribution in [0.3, 0.4) is 0 Å². The molecule has 138 valence electrons. The number of carbonyl (C=O) groups is 1. The molecule has 26 heavy (non-hydrogen) atoms. The second kappa shape index (κ2) is 7.86. The molecule has 0 heterocycles. The van der Waals surface area contributed by atoms with Gasteiger partial charge in [-0.3, -0.25) is 10.1 Å². The third-order valence-electron chi connectivity index (χ3n) is 3.33. The lowest BCUT2D eigenvalue weighted by molar-refractivity contribution is -0.385. The molecule has 7 heteroatoms. The molecule has 0 radical (unpaired) electrons. The summed E-state index contributed by atoms with van der Waals surface area (Å²) in [4.78, 5) is 23.1. The second-order valence-electron chi connectivity index (χ2n) is 6.55. The summed E-state index contributed by atoms with van der Waals surface area (Å²) < 4.78 is 16.1. The van der Waals surface area contributed by atoms with E-state index in [4.69, 9.17) is 14.2 Å². The first-order chi connectivity index (χ1) is 12.2. The molecule has 0 saturated carbocycles. The molecule has 0 N–H and O–H groups in total. The number of methoxy groups -OCH3 is 1. The molecule has 2 aromatic rings. The Hall–Kier alpha value is -3.09. The molecule has 2 aromatic carbocycles. The first kappa shape index (κ1) is 19.2. The number of benzene rings is 2. The van der Waals surface area contributed by atoms with E-state index in [1.54, 1.807) is 20.8 Å². The van der Waals surface area contributed by atoms with Crippen LogP contribution in [0.2, 0.25) is 0 Å². The highest BCUT2D eigenvalue weighted by molar-refractivity contribution is 5.95. The maximum absolute atomic E-state index is 12.3. The Kier molecular flexibility index (Phi) is 5.82. The van der Waals surface area contributed by atoms with Crippen molar-refractivity contribution >= 4 is 11.7 Å². The quantitative estimate of drug-likeness (QED) is 0.438. The van der Waals surface area contributed by atoms with Gasteiger partial charge in [-0.05, 0) is 26.3 Å². The van der Waals surface area contributed by atoms with Crippen molar-refractivity contribution in [1.29, 1.82) is 0 Å². The standard InChI is InChI=1S/C19H21NO6/c1-19(2,3)26-18(21)14-10-16(24-4)17(11-15(14)20(22)23)25-12-13-8-6-5-7-9-13/h5-11H,12H2,1-4H3. The average Bonchev–Trinajstić information content (AvgIpc) is 2.58. The van der Waals surface area contributed by atoms with Gasteiger partial charge in [0.2, 0.25) is 0 Å². The summed E-state index contributed by atoms with van der Waals surface area (Å²) in [6.07, 6.45) is 0. The summed E-state index contributed by atoms with van der Waals surface area (Å²) in [7, 11) is 1.40. The van der Waals surface area contributed by atoms with Gasteiger partial charge in [0.25, 0.3) is 5.69 Å². The van der Waals surface area contributed by atoms with Crippen molar-refractivity contribution in [2.24, 2.45) is 0 Å². The van der Waals surface area contributed by atoms with Crippen molar-refractivity contribution in [2.75, 3.05) is 7.11 Å². The normalized spacial score (nSPS) is 10.9. The maximum Gasteiger partial charge on any atom is 0.345 e. The molecule has 0 aromatic heterocycles. The molecular formula is C19H21NO6. The summed E-state index contributed by atoms with van der Waals surface area (Å²) in [5, 5.41) is 11.4. The van der Waals surface area contributed by atoms with Gasteiger partial charge in [-0.1, -0.05) is 30.3 Å². The fourth-order valence-electron chi connectivity index (χ4n) is 2.20. The fraction of sp³-hybridized carbons (Fsp3) is 0.316. The molecule has 0 unspecified atom stereocenters. The highest BCUT2D eigenvalue weighted by atomic mass is 16.6. The van der Waals surface area contributed by atoms with Crippen LogP contribution in [0.4, 0.5) is 5.69 Å². The zero-order valence-electron chi connectivity index (χ0n) is 15.1. The zero-order chi connectivity index (χ0) is 19.3. The average molecular weight is 359 g/mol. The van der Waals surface area contributed by atoms with Crippen LogP contribution >= 0.6 is 0 Å². The molecule has 0 atom stereocenters. The minimum Gasteiger partial charge on any atom is -0.493 e. The first-order valence-corrected chi connectivity index (χ1v) is 7.98. The van der Waals surface area contributed by atoms with Crippen molar-refractivity contribution < 1.29 is 23.9 Å². The van der Waals surface area contributed by atoms with E-state index in [0.29, 0.717) is 0 Å². The summed E-state index contributed by atoms with van der Waals surface area (Å²) in [5.41, 5.74) is -0.467. The molecule has 0 fully saturated rings. The van der Waals surface area contributed by atoms with Crippen molar-refractivity contribution in [3.05, 3.63) is 63.7 Å². The van der Waals surface area contributed by atoms with Crippen molar-refractivity contribution in [2.45, 2.75) is 33.0 Å². The number of hydrogen-bond acceptors (Lipinski definition) is 6. The fourth-order valence-corrected chi connectivity index (χ4v) is 2.20. The van der Waals surface area contributed by atoms with Gasteiger partial charge in [0, 0.05) is 6.07 Å². The molecule has 2 rings (SSSR count). The maximum atomic E-state index is 12.3. The lowest BCUT2D eigenvalue weighted by Gasteiger charge is -2.20. The number of nitro groups is 1. The van der Waals surface area contributed by atoms with E-state index < -0.39 is 22.2 Å². The molecule has 0 aliphatic rings. The number of carbonyl (C=O) groups excluding carboxylic acids is 1. The predicted molar refractivity (Wildman–Crippen MR) is 95.6 cm³/mol. The van der Waals surface area contributed by atoms with E-state index in [1.165, 1.54) is 19.2 Å². The summed E-state index contributed by atoms with van der Waals surface area (Å²) in [6.45, 7) is 5.27. The Morgan fingerprint density at radius 1 is 1.12 bits per heavy atom. The second-order valence-corrected chi connectivity index (χ2v) is 6.55. The van der Waals surface area contributed by atoms with Crippen LogP contribution in [0, 0.1) is 10.1 Å². The molecule has 0 bridgehead atoms. The predicted octanol–water partition coefficient (Wildman–Crippen LogP) is 4.14. The van der Waals surface area contributed by atoms with Crippen molar-refractivity contribution in [3.63, 3.8) is 0 Å². The van der Waals surface area contributed by atoms with Gasteiger partial charge < -0.3 is 14.2 Å². The number of esters is 1. The van der Waals surface area contributed by atoms with E-state index in [0.717, 1.165) is 5.56 Å². The zero-order valence-corrected chi connectivity index (χ0v) is 15.1.